The molecule has 1 atom stereocenters. The third-order valence-electron chi connectivity index (χ3n) is 4.43. The molecule has 2 N–H and O–H groups in total. The summed E-state index contributed by atoms with van der Waals surface area (Å²) < 4.78 is 10.1. The molecule has 1 aromatic rings. The van der Waals surface area contributed by atoms with Crippen LogP contribution in [0.25, 0.3) is 0 Å². The fourth-order valence-electron chi connectivity index (χ4n) is 2.70. The zero-order valence-electron chi connectivity index (χ0n) is 15.0. The molecule has 1 aliphatic heterocycles. The van der Waals surface area contributed by atoms with Gasteiger partial charge < -0.3 is 19.8 Å². The maximum absolute atomic E-state index is 12.4. The summed E-state index contributed by atoms with van der Waals surface area (Å²) in [6, 6.07) is 2.75. The Hall–Kier alpha value is -2.84. The summed E-state index contributed by atoms with van der Waals surface area (Å²) in [6.07, 6.45) is 1.26. The lowest BCUT2D eigenvalue weighted by Gasteiger charge is -2.23. The first-order valence-corrected chi connectivity index (χ1v) is 8.46. The SMILES string of the molecule is CCC1(CC)NC(=O)N(CC(=O)O[C@H](C)C(=O)NCc2ccco2)C1=O. The number of carbonyl (C=O) groups excluding carboxylic acids is 4. The molecule has 0 radical (unpaired) electrons. The van der Waals surface area contributed by atoms with Crippen molar-refractivity contribution in [2.24, 2.45) is 0 Å². The Morgan fingerprint density at radius 2 is 2.04 bits per heavy atom. The van der Waals surface area contributed by atoms with Crippen molar-refractivity contribution >= 4 is 23.8 Å². The highest BCUT2D eigenvalue weighted by Gasteiger charge is 2.49. The number of hydrogen-bond donors (Lipinski definition) is 2. The van der Waals surface area contributed by atoms with Crippen LogP contribution in [0.2, 0.25) is 0 Å². The van der Waals surface area contributed by atoms with Crippen LogP contribution in [0.1, 0.15) is 39.4 Å². The Kier molecular flexibility index (Phi) is 6.01. The molecule has 0 saturated carbocycles. The molecule has 1 fully saturated rings. The van der Waals surface area contributed by atoms with Gasteiger partial charge in [-0.1, -0.05) is 13.8 Å². The fourth-order valence-corrected chi connectivity index (χ4v) is 2.70. The lowest BCUT2D eigenvalue weighted by atomic mass is 9.93. The number of imide groups is 1. The number of furan rings is 1. The van der Waals surface area contributed by atoms with Gasteiger partial charge in [0.25, 0.3) is 11.8 Å². The van der Waals surface area contributed by atoms with Crippen LogP contribution in [0, 0.1) is 0 Å². The number of carbonyl (C=O) groups is 4. The molecule has 0 bridgehead atoms. The number of hydrogen-bond acceptors (Lipinski definition) is 6. The van der Waals surface area contributed by atoms with Gasteiger partial charge >= 0.3 is 12.0 Å². The average Bonchev–Trinajstić information content (AvgIpc) is 3.22. The number of ether oxygens (including phenoxy) is 1. The van der Waals surface area contributed by atoms with E-state index in [9.17, 15) is 19.2 Å². The maximum Gasteiger partial charge on any atom is 0.327 e. The summed E-state index contributed by atoms with van der Waals surface area (Å²) in [5.41, 5.74) is -0.983. The van der Waals surface area contributed by atoms with Crippen LogP contribution in [-0.4, -0.2) is 46.9 Å². The Morgan fingerprint density at radius 3 is 2.58 bits per heavy atom. The predicted molar refractivity (Wildman–Crippen MR) is 89.7 cm³/mol. The van der Waals surface area contributed by atoms with Gasteiger partial charge in [0, 0.05) is 0 Å². The van der Waals surface area contributed by atoms with E-state index in [0.717, 1.165) is 4.90 Å². The molecular weight excluding hydrogens is 342 g/mol. The minimum absolute atomic E-state index is 0.163. The molecule has 4 amide bonds. The first kappa shape index (κ1) is 19.5. The van der Waals surface area contributed by atoms with E-state index in [0.29, 0.717) is 18.6 Å². The molecule has 26 heavy (non-hydrogen) atoms. The van der Waals surface area contributed by atoms with Gasteiger partial charge in [-0.05, 0) is 31.9 Å². The van der Waals surface area contributed by atoms with Crippen molar-refractivity contribution < 1.29 is 28.3 Å². The lowest BCUT2D eigenvalue weighted by molar-refractivity contribution is -0.156. The predicted octanol–water partition coefficient (Wildman–Crippen LogP) is 0.938. The molecule has 9 nitrogen and oxygen atoms in total. The Labute approximate surface area is 151 Å². The second-order valence-corrected chi connectivity index (χ2v) is 6.04. The highest BCUT2D eigenvalue weighted by molar-refractivity contribution is 6.08. The van der Waals surface area contributed by atoms with E-state index in [4.69, 9.17) is 9.15 Å². The number of nitrogens with one attached hydrogen (secondary N) is 2. The molecular formula is C17H23N3O6. The van der Waals surface area contributed by atoms with Gasteiger partial charge in [0.1, 0.15) is 17.8 Å². The van der Waals surface area contributed by atoms with Crippen molar-refractivity contribution in [2.75, 3.05) is 6.54 Å². The molecule has 1 aliphatic rings. The van der Waals surface area contributed by atoms with Gasteiger partial charge in [0.15, 0.2) is 6.10 Å². The zero-order valence-corrected chi connectivity index (χ0v) is 15.0. The van der Waals surface area contributed by atoms with Gasteiger partial charge in [-0.25, -0.2) is 4.79 Å². The van der Waals surface area contributed by atoms with Crippen molar-refractivity contribution in [1.29, 1.82) is 0 Å². The average molecular weight is 365 g/mol. The van der Waals surface area contributed by atoms with E-state index in [1.165, 1.54) is 13.2 Å². The maximum atomic E-state index is 12.4. The van der Waals surface area contributed by atoms with Gasteiger partial charge in [0.2, 0.25) is 0 Å². The van der Waals surface area contributed by atoms with Gasteiger partial charge in [-0.3, -0.25) is 19.3 Å². The van der Waals surface area contributed by atoms with Gasteiger partial charge in [-0.2, -0.15) is 0 Å². The minimum atomic E-state index is -1.07. The molecule has 1 aromatic heterocycles. The summed E-state index contributed by atoms with van der Waals surface area (Å²) >= 11 is 0. The summed E-state index contributed by atoms with van der Waals surface area (Å²) in [7, 11) is 0. The second kappa shape index (κ2) is 8.03. The van der Waals surface area contributed by atoms with Crippen molar-refractivity contribution in [3.8, 4) is 0 Å². The number of urea groups is 1. The molecule has 142 valence electrons. The topological polar surface area (TPSA) is 118 Å². The number of esters is 1. The van der Waals surface area contributed by atoms with Crippen LogP contribution in [-0.2, 0) is 25.7 Å². The molecule has 0 aromatic carbocycles. The van der Waals surface area contributed by atoms with E-state index in [-0.39, 0.29) is 6.54 Å². The fraction of sp³-hybridized carbons (Fsp3) is 0.529. The Balaban J connectivity index is 1.86. The molecule has 0 spiro atoms. The largest absolute Gasteiger partial charge is 0.467 e. The van der Waals surface area contributed by atoms with Gasteiger partial charge in [-0.15, -0.1) is 0 Å². The highest BCUT2D eigenvalue weighted by Crippen LogP contribution is 2.24. The monoisotopic (exact) mass is 365 g/mol. The normalized spacial score (nSPS) is 17.0. The summed E-state index contributed by atoms with van der Waals surface area (Å²) in [4.78, 5) is 49.2. The van der Waals surface area contributed by atoms with Crippen LogP contribution >= 0.6 is 0 Å². The van der Waals surface area contributed by atoms with E-state index >= 15 is 0 Å². The van der Waals surface area contributed by atoms with E-state index in [2.05, 4.69) is 10.6 Å². The number of amides is 4. The van der Waals surface area contributed by atoms with E-state index in [1.807, 2.05) is 0 Å². The van der Waals surface area contributed by atoms with Crippen LogP contribution in [0.3, 0.4) is 0 Å². The van der Waals surface area contributed by atoms with Crippen molar-refractivity contribution in [3.63, 3.8) is 0 Å². The van der Waals surface area contributed by atoms with Crippen molar-refractivity contribution in [3.05, 3.63) is 24.2 Å². The smallest absolute Gasteiger partial charge is 0.327 e. The van der Waals surface area contributed by atoms with E-state index < -0.39 is 42.0 Å². The molecule has 9 heteroatoms. The zero-order chi connectivity index (χ0) is 19.3. The van der Waals surface area contributed by atoms with Crippen molar-refractivity contribution in [2.45, 2.75) is 51.8 Å². The number of nitrogens with zero attached hydrogens (tertiary/aromatic N) is 1. The van der Waals surface area contributed by atoms with Gasteiger partial charge in [0.05, 0.1) is 12.8 Å². The van der Waals surface area contributed by atoms with Crippen LogP contribution < -0.4 is 10.6 Å². The summed E-state index contributed by atoms with van der Waals surface area (Å²) in [5, 5.41) is 5.19. The number of rotatable bonds is 8. The minimum Gasteiger partial charge on any atom is -0.467 e. The Bertz CT molecular complexity index is 681. The molecule has 2 rings (SSSR count). The first-order chi connectivity index (χ1) is 12.3. The van der Waals surface area contributed by atoms with Crippen LogP contribution in [0.4, 0.5) is 4.79 Å². The lowest BCUT2D eigenvalue weighted by Crippen LogP contribution is -2.46. The second-order valence-electron chi connectivity index (χ2n) is 6.04. The van der Waals surface area contributed by atoms with Crippen LogP contribution in [0.5, 0.6) is 0 Å². The third kappa shape index (κ3) is 4.04. The molecule has 1 saturated heterocycles. The summed E-state index contributed by atoms with van der Waals surface area (Å²) in [5.74, 6) is -1.24. The molecule has 2 heterocycles. The van der Waals surface area contributed by atoms with Crippen molar-refractivity contribution in [1.82, 2.24) is 15.5 Å². The van der Waals surface area contributed by atoms with Crippen LogP contribution in [0.15, 0.2) is 22.8 Å². The standard InChI is InChI=1S/C17H23N3O6/c1-4-17(5-2)15(23)20(16(24)19-17)10-13(21)26-11(3)14(22)18-9-12-7-6-8-25-12/h6-8,11H,4-5,9-10H2,1-3H3,(H,18,22)(H,19,24)/t11-/m1/s1. The quantitative estimate of drug-likeness (QED) is 0.523. The third-order valence-corrected chi connectivity index (χ3v) is 4.43. The molecule has 0 unspecified atom stereocenters. The molecule has 0 aliphatic carbocycles. The van der Waals surface area contributed by atoms with E-state index in [1.54, 1.807) is 26.0 Å². The Morgan fingerprint density at radius 1 is 1.35 bits per heavy atom. The summed E-state index contributed by atoms with van der Waals surface area (Å²) in [6.45, 7) is 4.60. The first-order valence-electron chi connectivity index (χ1n) is 8.46. The highest BCUT2D eigenvalue weighted by atomic mass is 16.5.